The quantitative estimate of drug-likeness (QED) is 0.901. The predicted molar refractivity (Wildman–Crippen MR) is 78.6 cm³/mol. The van der Waals surface area contributed by atoms with Crippen LogP contribution in [0.1, 0.15) is 6.42 Å². The van der Waals surface area contributed by atoms with Crippen molar-refractivity contribution in [1.82, 2.24) is 4.90 Å². The van der Waals surface area contributed by atoms with Crippen LogP contribution in [0.5, 0.6) is 0 Å². The molecule has 1 unspecified atom stereocenters. The van der Waals surface area contributed by atoms with Crippen molar-refractivity contribution in [3.8, 4) is 0 Å². The summed E-state index contributed by atoms with van der Waals surface area (Å²) in [6, 6.07) is 8.83. The van der Waals surface area contributed by atoms with Crippen LogP contribution in [0, 0.1) is 0 Å². The molecule has 1 fully saturated rings. The number of benzene rings is 1. The Bertz CT molecular complexity index is 537. The third-order valence-electron chi connectivity index (χ3n) is 3.09. The highest BCUT2D eigenvalue weighted by molar-refractivity contribution is 8.01. The van der Waals surface area contributed by atoms with Crippen molar-refractivity contribution >= 4 is 29.3 Å². The molecule has 8 heteroatoms. The molecule has 120 valence electrons. The van der Waals surface area contributed by atoms with E-state index in [2.05, 4.69) is 5.32 Å². The number of amides is 2. The van der Waals surface area contributed by atoms with E-state index >= 15 is 0 Å². The Balaban J connectivity index is 1.78. The van der Waals surface area contributed by atoms with Crippen molar-refractivity contribution in [1.29, 1.82) is 0 Å². The Morgan fingerprint density at radius 3 is 2.64 bits per heavy atom. The molecule has 2 rings (SSSR count). The van der Waals surface area contributed by atoms with Crippen LogP contribution in [0.2, 0.25) is 0 Å². The van der Waals surface area contributed by atoms with Crippen LogP contribution in [0.3, 0.4) is 0 Å². The average molecular weight is 332 g/mol. The Labute approximate surface area is 130 Å². The maximum absolute atomic E-state index is 12.3. The lowest BCUT2D eigenvalue weighted by atomic mass is 10.3. The van der Waals surface area contributed by atoms with E-state index in [4.69, 9.17) is 0 Å². The Hall–Kier alpha value is -1.70. The molecule has 1 atom stereocenters. The van der Waals surface area contributed by atoms with E-state index in [1.807, 2.05) is 6.07 Å². The highest BCUT2D eigenvalue weighted by Gasteiger charge is 2.39. The predicted octanol–water partition coefficient (Wildman–Crippen LogP) is 2.52. The molecule has 0 spiro atoms. The first kappa shape index (κ1) is 16.7. The number of halogens is 3. The summed E-state index contributed by atoms with van der Waals surface area (Å²) in [6.07, 6.45) is -4.06. The van der Waals surface area contributed by atoms with Gasteiger partial charge in [0.05, 0.1) is 11.0 Å². The van der Waals surface area contributed by atoms with Gasteiger partial charge in [-0.3, -0.25) is 9.59 Å². The van der Waals surface area contributed by atoms with Gasteiger partial charge >= 0.3 is 6.18 Å². The zero-order valence-electron chi connectivity index (χ0n) is 11.6. The van der Waals surface area contributed by atoms with Crippen LogP contribution in [-0.4, -0.2) is 47.0 Å². The van der Waals surface area contributed by atoms with Gasteiger partial charge in [0.25, 0.3) is 0 Å². The zero-order valence-corrected chi connectivity index (χ0v) is 12.4. The fraction of sp³-hybridized carbons (Fsp3) is 0.429. The third kappa shape index (κ3) is 4.94. The Kier molecular flexibility index (Phi) is 5.33. The molecule has 4 nitrogen and oxygen atoms in total. The summed E-state index contributed by atoms with van der Waals surface area (Å²) in [7, 11) is 0. The van der Waals surface area contributed by atoms with E-state index < -0.39 is 23.9 Å². The first-order valence-corrected chi connectivity index (χ1v) is 7.72. The number of likely N-dealkylation sites (tertiary alicyclic amines) is 1. The summed E-state index contributed by atoms with van der Waals surface area (Å²) in [6.45, 7) is -1.14. The maximum Gasteiger partial charge on any atom is 0.406 e. The average Bonchev–Trinajstić information content (AvgIpc) is 2.77. The number of carbonyl (C=O) groups excluding carboxylic acids is 2. The highest BCUT2D eigenvalue weighted by Crippen LogP contribution is 2.27. The number of hydrogen-bond acceptors (Lipinski definition) is 3. The van der Waals surface area contributed by atoms with Gasteiger partial charge in [-0.1, -0.05) is 18.2 Å². The minimum atomic E-state index is -4.39. The van der Waals surface area contributed by atoms with Crippen molar-refractivity contribution in [3.63, 3.8) is 0 Å². The Morgan fingerprint density at radius 2 is 2.00 bits per heavy atom. The Morgan fingerprint density at radius 1 is 1.32 bits per heavy atom. The van der Waals surface area contributed by atoms with Gasteiger partial charge in [-0.25, -0.2) is 0 Å². The number of nitrogens with one attached hydrogen (secondary N) is 1. The topological polar surface area (TPSA) is 49.4 Å². The van der Waals surface area contributed by atoms with Gasteiger partial charge in [0.1, 0.15) is 6.54 Å². The number of rotatable bonds is 5. The van der Waals surface area contributed by atoms with E-state index in [0.29, 0.717) is 12.1 Å². The van der Waals surface area contributed by atoms with Gasteiger partial charge in [-0.05, 0) is 18.6 Å². The lowest BCUT2D eigenvalue weighted by molar-refractivity contribution is -0.157. The highest BCUT2D eigenvalue weighted by atomic mass is 32.2. The number of nitrogens with zero attached hydrogens (tertiary/aromatic N) is 1. The third-order valence-corrected chi connectivity index (χ3v) is 4.36. The van der Waals surface area contributed by atoms with E-state index in [1.165, 1.54) is 0 Å². The molecule has 0 aliphatic carbocycles. The van der Waals surface area contributed by atoms with Gasteiger partial charge in [-0.2, -0.15) is 13.2 Å². The molecular formula is C14H15F3N2O2S. The standard InChI is InChI=1S/C14H15F3N2O2S/c15-14(16,17)9-19-7-6-11(13(19)21)22-8-12(20)18-10-4-2-1-3-5-10/h1-5,11H,6-9H2,(H,18,20). The second-order valence-electron chi connectivity index (χ2n) is 4.88. The number of carbonyl (C=O) groups is 2. The summed E-state index contributed by atoms with van der Waals surface area (Å²) in [5.41, 5.74) is 0.643. The largest absolute Gasteiger partial charge is 0.406 e. The van der Waals surface area contributed by atoms with Crippen LogP contribution in [0.4, 0.5) is 18.9 Å². The van der Waals surface area contributed by atoms with E-state index in [-0.39, 0.29) is 18.2 Å². The van der Waals surface area contributed by atoms with Crippen molar-refractivity contribution in [2.45, 2.75) is 17.8 Å². The zero-order chi connectivity index (χ0) is 16.2. The first-order chi connectivity index (χ1) is 10.3. The smallest absolute Gasteiger partial charge is 0.333 e. The summed E-state index contributed by atoms with van der Waals surface area (Å²) in [4.78, 5) is 24.4. The van der Waals surface area contributed by atoms with Gasteiger partial charge < -0.3 is 10.2 Å². The lowest BCUT2D eigenvalue weighted by Gasteiger charge is -2.18. The fourth-order valence-corrected chi connectivity index (χ4v) is 3.12. The number of thioether (sulfide) groups is 1. The second kappa shape index (κ2) is 7.04. The molecule has 1 aromatic carbocycles. The second-order valence-corrected chi connectivity index (χ2v) is 6.07. The molecule has 1 heterocycles. The van der Waals surface area contributed by atoms with Crippen LogP contribution in [0.15, 0.2) is 30.3 Å². The van der Waals surface area contributed by atoms with Crippen LogP contribution in [-0.2, 0) is 9.59 Å². The van der Waals surface area contributed by atoms with Gasteiger partial charge in [0.2, 0.25) is 11.8 Å². The van der Waals surface area contributed by atoms with Gasteiger partial charge in [-0.15, -0.1) is 11.8 Å². The number of alkyl halides is 3. The van der Waals surface area contributed by atoms with Crippen molar-refractivity contribution in [2.24, 2.45) is 0 Å². The molecule has 1 saturated heterocycles. The van der Waals surface area contributed by atoms with E-state index in [1.54, 1.807) is 24.3 Å². The fourth-order valence-electron chi connectivity index (χ4n) is 2.13. The van der Waals surface area contributed by atoms with Crippen molar-refractivity contribution < 1.29 is 22.8 Å². The molecule has 0 radical (unpaired) electrons. The molecule has 2 amide bonds. The van der Waals surface area contributed by atoms with Crippen molar-refractivity contribution in [3.05, 3.63) is 30.3 Å². The minimum Gasteiger partial charge on any atom is -0.333 e. The van der Waals surface area contributed by atoms with Gasteiger partial charge in [0, 0.05) is 12.2 Å². The van der Waals surface area contributed by atoms with Gasteiger partial charge in [0.15, 0.2) is 0 Å². The molecule has 0 saturated carbocycles. The van der Waals surface area contributed by atoms with E-state index in [9.17, 15) is 22.8 Å². The maximum atomic E-state index is 12.3. The molecule has 0 aromatic heterocycles. The van der Waals surface area contributed by atoms with Crippen molar-refractivity contribution in [2.75, 3.05) is 24.2 Å². The monoisotopic (exact) mass is 332 g/mol. The molecule has 1 aliphatic heterocycles. The molecule has 0 bridgehead atoms. The number of hydrogen-bond donors (Lipinski definition) is 1. The number of para-hydroxylation sites is 1. The first-order valence-electron chi connectivity index (χ1n) is 6.67. The van der Waals surface area contributed by atoms with Crippen LogP contribution in [0.25, 0.3) is 0 Å². The normalized spacial score (nSPS) is 18.6. The van der Waals surface area contributed by atoms with E-state index in [0.717, 1.165) is 16.7 Å². The minimum absolute atomic E-state index is 0.0329. The lowest BCUT2D eigenvalue weighted by Crippen LogP contribution is -2.37. The summed E-state index contributed by atoms with van der Waals surface area (Å²) in [5.74, 6) is -0.793. The molecule has 1 aromatic rings. The molecule has 1 aliphatic rings. The SMILES string of the molecule is O=C(CSC1CCN(CC(F)(F)F)C1=O)Nc1ccccc1. The van der Waals surface area contributed by atoms with Crippen LogP contribution >= 0.6 is 11.8 Å². The molecule has 22 heavy (non-hydrogen) atoms. The summed E-state index contributed by atoms with van der Waals surface area (Å²) >= 11 is 1.08. The molecule has 1 N–H and O–H groups in total. The molecular weight excluding hydrogens is 317 g/mol. The summed E-state index contributed by atoms with van der Waals surface area (Å²) < 4.78 is 36.9. The number of anilines is 1. The summed E-state index contributed by atoms with van der Waals surface area (Å²) in [5, 5.41) is 2.09. The van der Waals surface area contributed by atoms with Crippen LogP contribution < -0.4 is 5.32 Å².